The number of ether oxygens (including phenoxy) is 4. The van der Waals surface area contributed by atoms with Crippen molar-refractivity contribution in [1.29, 1.82) is 0 Å². The predicted molar refractivity (Wildman–Crippen MR) is 136 cm³/mol. The smallest absolute Gasteiger partial charge is 0.251 e. The van der Waals surface area contributed by atoms with E-state index in [4.69, 9.17) is 23.9 Å². The highest BCUT2D eigenvalue weighted by Gasteiger charge is 2.18. The SMILES string of the molecule is CCCCNC(=O)c1ccc2c(c1)nc(COc1ccccc1OC)n2Cc1ccc2c(c1)OCO2. The monoisotopic (exact) mass is 487 g/mol. The molecular formula is C28H29N3O5. The van der Waals surface area contributed by atoms with Crippen LogP contribution < -0.4 is 24.3 Å². The lowest BCUT2D eigenvalue weighted by Crippen LogP contribution is -2.24. The Morgan fingerprint density at radius 1 is 1.06 bits per heavy atom. The molecule has 36 heavy (non-hydrogen) atoms. The first-order valence-corrected chi connectivity index (χ1v) is 12.1. The van der Waals surface area contributed by atoms with Gasteiger partial charge in [-0.25, -0.2) is 4.98 Å². The van der Waals surface area contributed by atoms with Gasteiger partial charge in [0.1, 0.15) is 12.4 Å². The molecule has 186 valence electrons. The van der Waals surface area contributed by atoms with Crippen LogP contribution in [-0.2, 0) is 13.2 Å². The number of rotatable bonds is 10. The highest BCUT2D eigenvalue weighted by atomic mass is 16.7. The Hall–Kier alpha value is -4.20. The normalized spacial score (nSPS) is 12.1. The molecule has 0 spiro atoms. The van der Waals surface area contributed by atoms with Crippen molar-refractivity contribution in [3.05, 3.63) is 77.6 Å². The number of nitrogens with zero attached hydrogens (tertiary/aromatic N) is 2. The largest absolute Gasteiger partial charge is 0.493 e. The van der Waals surface area contributed by atoms with E-state index in [2.05, 4.69) is 16.8 Å². The maximum absolute atomic E-state index is 12.6. The molecule has 1 aromatic heterocycles. The van der Waals surface area contributed by atoms with Crippen LogP contribution in [0.3, 0.4) is 0 Å². The molecule has 0 saturated heterocycles. The third kappa shape index (κ3) is 4.93. The molecule has 0 saturated carbocycles. The lowest BCUT2D eigenvalue weighted by atomic mass is 10.1. The second-order valence-electron chi connectivity index (χ2n) is 8.55. The van der Waals surface area contributed by atoms with Crippen molar-refractivity contribution in [1.82, 2.24) is 14.9 Å². The van der Waals surface area contributed by atoms with Crippen LogP contribution in [0.2, 0.25) is 0 Å². The molecule has 1 amide bonds. The van der Waals surface area contributed by atoms with E-state index in [1.165, 1.54) is 0 Å². The van der Waals surface area contributed by atoms with Crippen LogP contribution in [0, 0.1) is 0 Å². The minimum absolute atomic E-state index is 0.0949. The van der Waals surface area contributed by atoms with Crippen LogP contribution in [0.15, 0.2) is 60.7 Å². The quantitative estimate of drug-likeness (QED) is 0.319. The van der Waals surface area contributed by atoms with Crippen LogP contribution in [0.5, 0.6) is 23.0 Å². The Morgan fingerprint density at radius 2 is 1.89 bits per heavy atom. The molecule has 5 rings (SSSR count). The number of methoxy groups -OCH3 is 1. The fraction of sp³-hybridized carbons (Fsp3) is 0.286. The van der Waals surface area contributed by atoms with E-state index in [1.54, 1.807) is 7.11 Å². The number of benzene rings is 3. The average molecular weight is 488 g/mol. The van der Waals surface area contributed by atoms with Gasteiger partial charge in [0, 0.05) is 18.7 Å². The summed E-state index contributed by atoms with van der Waals surface area (Å²) in [4.78, 5) is 17.5. The van der Waals surface area contributed by atoms with E-state index >= 15 is 0 Å². The van der Waals surface area contributed by atoms with E-state index in [0.717, 1.165) is 46.8 Å². The van der Waals surface area contributed by atoms with Gasteiger partial charge in [0.15, 0.2) is 23.0 Å². The molecule has 0 bridgehead atoms. The Balaban J connectivity index is 1.47. The van der Waals surface area contributed by atoms with E-state index in [9.17, 15) is 4.79 Å². The molecule has 0 radical (unpaired) electrons. The molecule has 8 heteroatoms. The molecular weight excluding hydrogens is 458 g/mol. The van der Waals surface area contributed by atoms with Gasteiger partial charge in [-0.1, -0.05) is 31.5 Å². The molecule has 3 aromatic carbocycles. The number of carbonyl (C=O) groups excluding carboxylic acids is 1. The van der Waals surface area contributed by atoms with Crippen LogP contribution in [-0.4, -0.2) is 35.9 Å². The van der Waals surface area contributed by atoms with Gasteiger partial charge >= 0.3 is 0 Å². The number of hydrogen-bond donors (Lipinski definition) is 1. The van der Waals surface area contributed by atoms with E-state index < -0.39 is 0 Å². The number of carbonyl (C=O) groups is 1. The lowest BCUT2D eigenvalue weighted by molar-refractivity contribution is 0.0953. The van der Waals surface area contributed by atoms with Gasteiger partial charge in [0.05, 0.1) is 18.1 Å². The Morgan fingerprint density at radius 3 is 2.72 bits per heavy atom. The van der Waals surface area contributed by atoms with Crippen LogP contribution in [0.4, 0.5) is 0 Å². The summed E-state index contributed by atoms with van der Waals surface area (Å²) in [5, 5.41) is 2.97. The summed E-state index contributed by atoms with van der Waals surface area (Å²) in [5.74, 6) is 3.40. The first-order valence-electron chi connectivity index (χ1n) is 12.1. The Kier molecular flexibility index (Phi) is 6.93. The first-order chi connectivity index (χ1) is 17.7. The van der Waals surface area contributed by atoms with Gasteiger partial charge < -0.3 is 28.8 Å². The molecule has 8 nitrogen and oxygen atoms in total. The van der Waals surface area contributed by atoms with Gasteiger partial charge in [0.2, 0.25) is 6.79 Å². The fourth-order valence-electron chi connectivity index (χ4n) is 4.19. The minimum Gasteiger partial charge on any atom is -0.493 e. The van der Waals surface area contributed by atoms with Crippen molar-refractivity contribution in [2.45, 2.75) is 32.9 Å². The summed E-state index contributed by atoms with van der Waals surface area (Å²) in [6.07, 6.45) is 1.97. The van der Waals surface area contributed by atoms with Crippen LogP contribution in [0.25, 0.3) is 11.0 Å². The van der Waals surface area contributed by atoms with Gasteiger partial charge in [-0.15, -0.1) is 0 Å². The number of nitrogens with one attached hydrogen (secondary N) is 1. The predicted octanol–water partition coefficient (Wildman–Crippen LogP) is 4.93. The van der Waals surface area contributed by atoms with E-state index in [1.807, 2.05) is 60.7 Å². The topological polar surface area (TPSA) is 83.8 Å². The lowest BCUT2D eigenvalue weighted by Gasteiger charge is -2.13. The van der Waals surface area contributed by atoms with E-state index in [-0.39, 0.29) is 19.3 Å². The molecule has 4 aromatic rings. The summed E-state index contributed by atoms with van der Waals surface area (Å²) in [7, 11) is 1.62. The van der Waals surface area contributed by atoms with Gasteiger partial charge in [-0.2, -0.15) is 0 Å². The van der Waals surface area contributed by atoms with Crippen molar-refractivity contribution < 1.29 is 23.7 Å². The zero-order chi connectivity index (χ0) is 24.9. The summed E-state index contributed by atoms with van der Waals surface area (Å²) in [6.45, 7) is 3.77. The number of hydrogen-bond acceptors (Lipinski definition) is 6. The molecule has 1 N–H and O–H groups in total. The van der Waals surface area contributed by atoms with Gasteiger partial charge in [-0.05, 0) is 54.4 Å². The third-order valence-electron chi connectivity index (χ3n) is 6.11. The van der Waals surface area contributed by atoms with Crippen LogP contribution in [0.1, 0.15) is 41.5 Å². The average Bonchev–Trinajstić information content (AvgIpc) is 3.51. The Bertz CT molecular complexity index is 1380. The number of para-hydroxylation sites is 2. The first kappa shape index (κ1) is 23.5. The summed E-state index contributed by atoms with van der Waals surface area (Å²) >= 11 is 0. The number of amides is 1. The van der Waals surface area contributed by atoms with Crippen molar-refractivity contribution in [3.63, 3.8) is 0 Å². The molecule has 0 atom stereocenters. The zero-order valence-corrected chi connectivity index (χ0v) is 20.5. The number of unbranched alkanes of at least 4 members (excludes halogenated alkanes) is 1. The van der Waals surface area contributed by atoms with Gasteiger partial charge in [0.25, 0.3) is 5.91 Å². The standard InChI is InChI=1S/C28H29N3O5/c1-3-4-13-29-28(32)20-10-11-22-21(15-20)30-27(17-34-24-8-6-5-7-23(24)33-2)31(22)16-19-9-12-25-26(14-19)36-18-35-25/h5-12,14-15H,3-4,13,16-18H2,1-2H3,(H,29,32). The molecule has 0 unspecified atom stereocenters. The fourth-order valence-corrected chi connectivity index (χ4v) is 4.19. The molecule has 0 fully saturated rings. The Labute approximate surface area is 209 Å². The molecule has 2 heterocycles. The second kappa shape index (κ2) is 10.6. The highest BCUT2D eigenvalue weighted by Crippen LogP contribution is 2.33. The minimum atomic E-state index is -0.0949. The molecule has 1 aliphatic heterocycles. The molecule has 0 aliphatic carbocycles. The van der Waals surface area contributed by atoms with Gasteiger partial charge in [-0.3, -0.25) is 4.79 Å². The zero-order valence-electron chi connectivity index (χ0n) is 20.5. The number of imidazole rings is 1. The summed E-state index contributed by atoms with van der Waals surface area (Å²) in [6, 6.07) is 19.0. The van der Waals surface area contributed by atoms with Crippen molar-refractivity contribution in [3.8, 4) is 23.0 Å². The number of fused-ring (bicyclic) bond motifs is 2. The van der Waals surface area contributed by atoms with Crippen LogP contribution >= 0.6 is 0 Å². The molecule has 1 aliphatic rings. The summed E-state index contributed by atoms with van der Waals surface area (Å²) in [5.41, 5.74) is 3.27. The maximum Gasteiger partial charge on any atom is 0.251 e. The van der Waals surface area contributed by atoms with E-state index in [0.29, 0.717) is 30.2 Å². The third-order valence-corrected chi connectivity index (χ3v) is 6.11. The second-order valence-corrected chi connectivity index (χ2v) is 8.55. The van der Waals surface area contributed by atoms with Crippen molar-refractivity contribution in [2.24, 2.45) is 0 Å². The van der Waals surface area contributed by atoms with Crippen molar-refractivity contribution in [2.75, 3.05) is 20.4 Å². The number of aromatic nitrogens is 2. The highest BCUT2D eigenvalue weighted by molar-refractivity contribution is 5.97. The van der Waals surface area contributed by atoms with Crippen molar-refractivity contribution >= 4 is 16.9 Å². The maximum atomic E-state index is 12.6. The summed E-state index contributed by atoms with van der Waals surface area (Å²) < 4.78 is 24.6.